The van der Waals surface area contributed by atoms with Crippen molar-refractivity contribution in [2.75, 3.05) is 55.5 Å². The van der Waals surface area contributed by atoms with E-state index in [0.29, 0.717) is 23.8 Å². The molecule has 0 heterocycles. The van der Waals surface area contributed by atoms with Gasteiger partial charge in [0.15, 0.2) is 0 Å². The zero-order valence-electron chi connectivity index (χ0n) is 21.9. The molecular weight excluding hydrogens is 506 g/mol. The van der Waals surface area contributed by atoms with E-state index >= 15 is 0 Å². The molecule has 0 saturated carbocycles. The van der Waals surface area contributed by atoms with Gasteiger partial charge in [0.05, 0.1) is 0 Å². The maximum absolute atomic E-state index is 2.29. The Bertz CT molecular complexity index is 294. The Labute approximate surface area is 209 Å². The van der Waals surface area contributed by atoms with Crippen LogP contribution in [0.2, 0.25) is 0 Å². The molecule has 0 amide bonds. The number of hydrogen-bond acceptors (Lipinski definition) is 0. The van der Waals surface area contributed by atoms with Crippen molar-refractivity contribution >= 4 is 23.8 Å². The molecular formula is C26H55P3Ru. The van der Waals surface area contributed by atoms with Crippen LogP contribution in [0.15, 0.2) is 36.5 Å². The molecule has 1 aliphatic rings. The second kappa shape index (κ2) is 34.7. The minimum Gasteiger partial charge on any atom is -0.108 e. The molecule has 0 saturated heterocycles. The summed E-state index contributed by atoms with van der Waals surface area (Å²) >= 11 is 0. The van der Waals surface area contributed by atoms with Crippen LogP contribution < -0.4 is 0 Å². The van der Waals surface area contributed by atoms with Gasteiger partial charge in [0.1, 0.15) is 0 Å². The van der Waals surface area contributed by atoms with Gasteiger partial charge in [0, 0.05) is 19.5 Å². The van der Waals surface area contributed by atoms with Gasteiger partial charge in [0.2, 0.25) is 0 Å². The molecule has 0 spiro atoms. The third kappa shape index (κ3) is 31.3. The Hall–Kier alpha value is 1.13. The van der Waals surface area contributed by atoms with Gasteiger partial charge in [-0.3, -0.25) is 0 Å². The summed E-state index contributed by atoms with van der Waals surface area (Å²) in [5, 5.41) is 0. The fraction of sp³-hybridized carbons (Fsp3) is 0.769. The van der Waals surface area contributed by atoms with Gasteiger partial charge in [0.25, 0.3) is 0 Å². The number of hydrogen-bond donors (Lipinski definition) is 0. The molecule has 0 aliphatic heterocycles. The first-order valence-corrected chi connectivity index (χ1v) is 17.9. The van der Waals surface area contributed by atoms with Crippen LogP contribution in [0.3, 0.4) is 0 Å². The van der Waals surface area contributed by atoms with Gasteiger partial charge >= 0.3 is 0 Å². The van der Waals surface area contributed by atoms with E-state index in [-0.39, 0.29) is 19.5 Å². The number of rotatable bonds is 9. The van der Waals surface area contributed by atoms with E-state index in [1.807, 2.05) is 0 Å². The van der Waals surface area contributed by atoms with E-state index in [1.165, 1.54) is 68.3 Å². The first-order chi connectivity index (χ1) is 14.0. The summed E-state index contributed by atoms with van der Waals surface area (Å²) in [4.78, 5) is 0. The standard InChI is InChI=1S/C8H10.3C6H15P.Ru/c1-2-4-6-8-7-5-3-1;3*1-4-7(5-2)6-3;/h1-6H,7-8H2;3*4-6H2,1-3H3;/b2-1-,5-3-,6-4-;;;;. The molecule has 0 N–H and O–H groups in total. The van der Waals surface area contributed by atoms with E-state index in [4.69, 9.17) is 0 Å². The van der Waals surface area contributed by atoms with Crippen LogP contribution in [0.1, 0.15) is 75.2 Å². The minimum atomic E-state index is 0. The van der Waals surface area contributed by atoms with Crippen LogP contribution >= 0.6 is 23.8 Å². The quantitative estimate of drug-likeness (QED) is 0.194. The summed E-state index contributed by atoms with van der Waals surface area (Å²) in [6.07, 6.45) is 27.8. The van der Waals surface area contributed by atoms with Crippen molar-refractivity contribution in [3.63, 3.8) is 0 Å². The second-order valence-electron chi connectivity index (χ2n) is 6.68. The molecule has 30 heavy (non-hydrogen) atoms. The third-order valence-electron chi connectivity index (χ3n) is 5.13. The van der Waals surface area contributed by atoms with Crippen molar-refractivity contribution in [3.05, 3.63) is 36.5 Å². The molecule has 0 unspecified atom stereocenters. The van der Waals surface area contributed by atoms with Crippen molar-refractivity contribution in [2.45, 2.75) is 75.2 Å². The molecule has 0 aromatic heterocycles. The summed E-state index contributed by atoms with van der Waals surface area (Å²) in [6.45, 7) is 20.6. The summed E-state index contributed by atoms with van der Waals surface area (Å²) < 4.78 is 0. The summed E-state index contributed by atoms with van der Waals surface area (Å²) in [5.74, 6) is 0. The normalized spacial score (nSPS) is 15.2. The molecule has 4 heteroatoms. The van der Waals surface area contributed by atoms with Crippen LogP contribution in [0.5, 0.6) is 0 Å². The Morgan fingerprint density at radius 1 is 0.400 bits per heavy atom. The average Bonchev–Trinajstić information content (AvgIpc) is 2.73. The molecule has 0 atom stereocenters. The fourth-order valence-electron chi connectivity index (χ4n) is 2.68. The molecule has 182 valence electrons. The van der Waals surface area contributed by atoms with Gasteiger partial charge in [-0.15, -0.1) is 23.8 Å². The Kier molecular flexibility index (Phi) is 44.5. The van der Waals surface area contributed by atoms with E-state index < -0.39 is 0 Å². The molecule has 1 aliphatic carbocycles. The zero-order chi connectivity index (χ0) is 22.8. The first kappa shape index (κ1) is 38.4. The van der Waals surface area contributed by atoms with Gasteiger partial charge in [-0.25, -0.2) is 0 Å². The molecule has 1 rings (SSSR count). The molecule has 0 bridgehead atoms. The maximum atomic E-state index is 2.29. The number of allylic oxidation sites excluding steroid dienone is 6. The van der Waals surface area contributed by atoms with Crippen LogP contribution in [0.4, 0.5) is 0 Å². The minimum absolute atomic E-state index is 0. The van der Waals surface area contributed by atoms with Gasteiger partial charge in [-0.1, -0.05) is 98.8 Å². The fourth-order valence-corrected chi connectivity index (χ4v) is 6.71. The Morgan fingerprint density at radius 3 is 0.733 bits per heavy atom. The smallest absolute Gasteiger partial charge is 0 e. The average molecular weight is 562 g/mol. The molecule has 0 nitrogen and oxygen atoms in total. The van der Waals surface area contributed by atoms with Crippen molar-refractivity contribution in [1.82, 2.24) is 0 Å². The molecule has 0 aromatic rings. The predicted molar refractivity (Wildman–Crippen MR) is 152 cm³/mol. The van der Waals surface area contributed by atoms with Crippen molar-refractivity contribution in [3.8, 4) is 0 Å². The van der Waals surface area contributed by atoms with E-state index in [9.17, 15) is 0 Å². The molecule has 0 fully saturated rings. The van der Waals surface area contributed by atoms with Gasteiger partial charge in [-0.05, 0) is 68.3 Å². The monoisotopic (exact) mass is 562 g/mol. The largest absolute Gasteiger partial charge is 0.108 e. The molecule has 0 aromatic carbocycles. The van der Waals surface area contributed by atoms with Crippen molar-refractivity contribution in [2.24, 2.45) is 0 Å². The SMILES string of the molecule is C1=C\C=C/CC\C=C/1.CCP(CC)CC.CCP(CC)CC.CCP(CC)CC.[Ru]. The van der Waals surface area contributed by atoms with Gasteiger partial charge < -0.3 is 0 Å². The summed E-state index contributed by atoms with van der Waals surface area (Å²) in [6, 6.07) is 0. The van der Waals surface area contributed by atoms with E-state index in [0.717, 1.165) is 0 Å². The van der Waals surface area contributed by atoms with E-state index in [2.05, 4.69) is 98.8 Å². The summed E-state index contributed by atoms with van der Waals surface area (Å²) in [5.41, 5.74) is 0. The van der Waals surface area contributed by atoms with E-state index in [1.54, 1.807) is 0 Å². The van der Waals surface area contributed by atoms with Crippen molar-refractivity contribution < 1.29 is 19.5 Å². The predicted octanol–water partition coefficient (Wildman–Crippen LogP) is 10.0. The maximum Gasteiger partial charge on any atom is 0 e. The van der Waals surface area contributed by atoms with Gasteiger partial charge in [-0.2, -0.15) is 0 Å². The van der Waals surface area contributed by atoms with Crippen molar-refractivity contribution in [1.29, 1.82) is 0 Å². The zero-order valence-corrected chi connectivity index (χ0v) is 26.4. The Balaban J connectivity index is -0.000000149. The molecule has 0 radical (unpaired) electrons. The second-order valence-corrected chi connectivity index (χ2v) is 16.4. The third-order valence-corrected chi connectivity index (χ3v) is 13.2. The first-order valence-electron chi connectivity index (χ1n) is 12.2. The van der Waals surface area contributed by atoms with Crippen LogP contribution in [0, 0.1) is 0 Å². The van der Waals surface area contributed by atoms with Crippen LogP contribution in [-0.4, -0.2) is 55.5 Å². The summed E-state index contributed by atoms with van der Waals surface area (Å²) in [7, 11) is 1.34. The van der Waals surface area contributed by atoms with Crippen LogP contribution in [-0.2, 0) is 19.5 Å². The van der Waals surface area contributed by atoms with Crippen LogP contribution in [0.25, 0.3) is 0 Å². The topological polar surface area (TPSA) is 0 Å². The Morgan fingerprint density at radius 2 is 0.600 bits per heavy atom.